The third kappa shape index (κ3) is 2.94. The predicted molar refractivity (Wildman–Crippen MR) is 65.7 cm³/mol. The summed E-state index contributed by atoms with van der Waals surface area (Å²) >= 11 is 0. The summed E-state index contributed by atoms with van der Waals surface area (Å²) in [7, 11) is 0. The van der Waals surface area contributed by atoms with Crippen LogP contribution < -0.4 is 0 Å². The van der Waals surface area contributed by atoms with Crippen molar-refractivity contribution in [2.45, 2.75) is 12.8 Å². The molecule has 1 nitrogen and oxygen atoms in total. The molecule has 0 unspecified atom stereocenters. The SMILES string of the molecule is N#CCCc1cccc(-c2cc(F)c(F)c(F)c2)c1. The topological polar surface area (TPSA) is 23.8 Å². The van der Waals surface area contributed by atoms with Gasteiger partial charge in [0.15, 0.2) is 17.5 Å². The predicted octanol–water partition coefficient (Wildman–Crippen LogP) is 4.23. The Morgan fingerprint density at radius 2 is 1.63 bits per heavy atom. The molecular weight excluding hydrogens is 251 g/mol. The highest BCUT2D eigenvalue weighted by Gasteiger charge is 2.11. The molecule has 2 aromatic carbocycles. The summed E-state index contributed by atoms with van der Waals surface area (Å²) < 4.78 is 39.2. The Morgan fingerprint density at radius 1 is 0.947 bits per heavy atom. The van der Waals surface area contributed by atoms with Crippen LogP contribution in [0.5, 0.6) is 0 Å². The Bertz CT molecular complexity index is 621. The fourth-order valence-corrected chi connectivity index (χ4v) is 1.83. The van der Waals surface area contributed by atoms with E-state index in [1.54, 1.807) is 18.2 Å². The van der Waals surface area contributed by atoms with Gasteiger partial charge in [0, 0.05) is 6.42 Å². The molecule has 0 fully saturated rings. The third-order valence-electron chi connectivity index (χ3n) is 2.77. The molecule has 0 saturated heterocycles. The van der Waals surface area contributed by atoms with Crippen LogP contribution in [-0.4, -0.2) is 0 Å². The van der Waals surface area contributed by atoms with E-state index in [-0.39, 0.29) is 5.56 Å². The summed E-state index contributed by atoms with van der Waals surface area (Å²) in [4.78, 5) is 0. The van der Waals surface area contributed by atoms with Gasteiger partial charge in [0.2, 0.25) is 0 Å². The van der Waals surface area contributed by atoms with Crippen LogP contribution in [0.15, 0.2) is 36.4 Å². The van der Waals surface area contributed by atoms with E-state index < -0.39 is 17.5 Å². The Kier molecular flexibility index (Phi) is 3.86. The minimum atomic E-state index is -1.47. The lowest BCUT2D eigenvalue weighted by Crippen LogP contribution is -1.92. The van der Waals surface area contributed by atoms with Crippen LogP contribution in [0.1, 0.15) is 12.0 Å². The van der Waals surface area contributed by atoms with Gasteiger partial charge < -0.3 is 0 Å². The van der Waals surface area contributed by atoms with Crippen LogP contribution in [0.4, 0.5) is 13.2 Å². The first-order chi connectivity index (χ1) is 9.11. The number of nitriles is 1. The van der Waals surface area contributed by atoms with Gasteiger partial charge in [-0.25, -0.2) is 13.2 Å². The zero-order valence-electron chi connectivity index (χ0n) is 9.96. The first-order valence-corrected chi connectivity index (χ1v) is 5.72. The van der Waals surface area contributed by atoms with Crippen molar-refractivity contribution >= 4 is 0 Å². The van der Waals surface area contributed by atoms with Crippen molar-refractivity contribution in [3.8, 4) is 17.2 Å². The van der Waals surface area contributed by atoms with Crippen LogP contribution in [-0.2, 0) is 6.42 Å². The van der Waals surface area contributed by atoms with Gasteiger partial charge in [-0.2, -0.15) is 5.26 Å². The molecule has 0 aliphatic heterocycles. The number of benzene rings is 2. The second-order valence-electron chi connectivity index (χ2n) is 4.11. The fourth-order valence-electron chi connectivity index (χ4n) is 1.83. The highest BCUT2D eigenvalue weighted by atomic mass is 19.2. The maximum absolute atomic E-state index is 13.2. The zero-order valence-corrected chi connectivity index (χ0v) is 9.96. The van der Waals surface area contributed by atoms with Crippen LogP contribution in [0, 0.1) is 28.8 Å². The molecule has 0 saturated carbocycles. The second-order valence-corrected chi connectivity index (χ2v) is 4.11. The number of rotatable bonds is 3. The van der Waals surface area contributed by atoms with Gasteiger partial charge in [-0.15, -0.1) is 0 Å². The van der Waals surface area contributed by atoms with E-state index >= 15 is 0 Å². The van der Waals surface area contributed by atoms with E-state index in [4.69, 9.17) is 5.26 Å². The van der Waals surface area contributed by atoms with Gasteiger partial charge in [0.05, 0.1) is 6.07 Å². The summed E-state index contributed by atoms with van der Waals surface area (Å²) in [5, 5.41) is 8.53. The van der Waals surface area contributed by atoms with Crippen molar-refractivity contribution in [3.05, 3.63) is 59.4 Å². The summed E-state index contributed by atoms with van der Waals surface area (Å²) in [5.41, 5.74) is 1.76. The van der Waals surface area contributed by atoms with Crippen molar-refractivity contribution in [2.24, 2.45) is 0 Å². The van der Waals surface area contributed by atoms with Gasteiger partial charge in [0.25, 0.3) is 0 Å². The molecule has 0 spiro atoms. The number of nitrogens with zero attached hydrogens (tertiary/aromatic N) is 1. The number of halogens is 3. The first kappa shape index (κ1) is 13.2. The van der Waals surface area contributed by atoms with E-state index in [0.717, 1.165) is 17.7 Å². The molecule has 0 amide bonds. The van der Waals surface area contributed by atoms with E-state index in [0.29, 0.717) is 18.4 Å². The Morgan fingerprint density at radius 3 is 2.26 bits per heavy atom. The van der Waals surface area contributed by atoms with Crippen LogP contribution >= 0.6 is 0 Å². The lowest BCUT2D eigenvalue weighted by Gasteiger charge is -2.06. The van der Waals surface area contributed by atoms with Crippen molar-refractivity contribution in [1.29, 1.82) is 5.26 Å². The summed E-state index contributed by atoms with van der Waals surface area (Å²) in [6.45, 7) is 0. The number of aryl methyl sites for hydroxylation is 1. The lowest BCUT2D eigenvalue weighted by molar-refractivity contribution is 0.447. The van der Waals surface area contributed by atoms with E-state index in [9.17, 15) is 13.2 Å². The van der Waals surface area contributed by atoms with Crippen molar-refractivity contribution < 1.29 is 13.2 Å². The van der Waals surface area contributed by atoms with Crippen LogP contribution in [0.2, 0.25) is 0 Å². The van der Waals surface area contributed by atoms with Gasteiger partial charge in [0.1, 0.15) is 0 Å². The minimum Gasteiger partial charge on any atom is -0.204 e. The third-order valence-corrected chi connectivity index (χ3v) is 2.77. The fraction of sp³-hybridized carbons (Fsp3) is 0.133. The molecule has 0 aliphatic rings. The monoisotopic (exact) mass is 261 g/mol. The largest absolute Gasteiger partial charge is 0.204 e. The molecule has 0 heterocycles. The molecule has 0 aromatic heterocycles. The Balaban J connectivity index is 2.39. The maximum atomic E-state index is 13.2. The Labute approximate surface area is 108 Å². The van der Waals surface area contributed by atoms with E-state index in [1.807, 2.05) is 12.1 Å². The van der Waals surface area contributed by atoms with Gasteiger partial charge in [-0.1, -0.05) is 24.3 Å². The van der Waals surface area contributed by atoms with Crippen molar-refractivity contribution in [3.63, 3.8) is 0 Å². The second kappa shape index (κ2) is 5.57. The summed E-state index contributed by atoms with van der Waals surface area (Å²) in [6, 6.07) is 10.9. The van der Waals surface area contributed by atoms with Crippen LogP contribution in [0.25, 0.3) is 11.1 Å². The minimum absolute atomic E-state index is 0.273. The smallest absolute Gasteiger partial charge is 0.194 e. The first-order valence-electron chi connectivity index (χ1n) is 5.72. The molecule has 0 aliphatic carbocycles. The molecule has 4 heteroatoms. The number of hydrogen-bond acceptors (Lipinski definition) is 1. The highest BCUT2D eigenvalue weighted by Crippen LogP contribution is 2.24. The van der Waals surface area contributed by atoms with Crippen molar-refractivity contribution in [2.75, 3.05) is 0 Å². The zero-order chi connectivity index (χ0) is 13.8. The average molecular weight is 261 g/mol. The van der Waals surface area contributed by atoms with E-state index in [2.05, 4.69) is 0 Å². The lowest BCUT2D eigenvalue weighted by atomic mass is 10.0. The molecule has 2 aromatic rings. The Hall–Kier alpha value is -2.28. The van der Waals surface area contributed by atoms with Gasteiger partial charge in [-0.05, 0) is 35.2 Å². The summed E-state index contributed by atoms with van der Waals surface area (Å²) in [6.07, 6.45) is 0.937. The summed E-state index contributed by atoms with van der Waals surface area (Å²) in [5.74, 6) is -3.89. The maximum Gasteiger partial charge on any atom is 0.194 e. The molecule has 2 rings (SSSR count). The molecule has 0 atom stereocenters. The molecule has 96 valence electrons. The normalized spacial score (nSPS) is 10.2. The highest BCUT2D eigenvalue weighted by molar-refractivity contribution is 5.64. The molecule has 0 bridgehead atoms. The van der Waals surface area contributed by atoms with Gasteiger partial charge >= 0.3 is 0 Å². The van der Waals surface area contributed by atoms with E-state index in [1.165, 1.54) is 0 Å². The molecule has 19 heavy (non-hydrogen) atoms. The molecular formula is C15H10F3N. The van der Waals surface area contributed by atoms with Gasteiger partial charge in [-0.3, -0.25) is 0 Å². The quantitative estimate of drug-likeness (QED) is 0.758. The molecule has 0 radical (unpaired) electrons. The van der Waals surface area contributed by atoms with Crippen molar-refractivity contribution in [1.82, 2.24) is 0 Å². The standard InChI is InChI=1S/C15H10F3N/c16-13-8-12(9-14(17)15(13)18)11-5-1-3-10(7-11)4-2-6-19/h1,3,5,7-9H,2,4H2. The average Bonchev–Trinajstić information content (AvgIpc) is 2.42. The molecule has 0 N–H and O–H groups in total. The number of hydrogen-bond donors (Lipinski definition) is 0. The van der Waals surface area contributed by atoms with Crippen LogP contribution in [0.3, 0.4) is 0 Å².